The van der Waals surface area contributed by atoms with Crippen LogP contribution in [-0.4, -0.2) is 33.4 Å². The molecule has 7 nitrogen and oxygen atoms in total. The quantitative estimate of drug-likeness (QED) is 0.360. The van der Waals surface area contributed by atoms with Crippen LogP contribution in [0.1, 0.15) is 49.4 Å². The van der Waals surface area contributed by atoms with E-state index in [4.69, 9.17) is 0 Å². The van der Waals surface area contributed by atoms with Crippen molar-refractivity contribution < 1.29 is 9.59 Å². The van der Waals surface area contributed by atoms with E-state index in [-0.39, 0.29) is 18.4 Å². The molecule has 1 aliphatic carbocycles. The predicted molar refractivity (Wildman–Crippen MR) is 145 cm³/mol. The molecule has 190 valence electrons. The summed E-state index contributed by atoms with van der Waals surface area (Å²) >= 11 is 0. The standard InChI is InChI=1S/C30H33N5O2/c1-21(2)17-18-31-30(37)29(23-9-4-3-5-10-23)35(25-16-15-22-11-8-12-24(22)19-25)28(36)20-34-27-14-7-6-13-26(27)32-33-34/h3-7,9-10,13-16,19,21,29H,8,11-12,17-18,20H2,1-2H3,(H,31,37). The molecule has 2 amide bonds. The highest BCUT2D eigenvalue weighted by atomic mass is 16.2. The van der Waals surface area contributed by atoms with Crippen LogP contribution in [0.3, 0.4) is 0 Å². The number of hydrogen-bond donors (Lipinski definition) is 1. The Balaban J connectivity index is 1.55. The number of anilines is 1. The highest BCUT2D eigenvalue weighted by Crippen LogP contribution is 2.33. The summed E-state index contributed by atoms with van der Waals surface area (Å²) in [5.41, 5.74) is 5.56. The molecule has 0 aliphatic heterocycles. The smallest absolute Gasteiger partial charge is 0.249 e. The second-order valence-electron chi connectivity index (χ2n) is 10.1. The van der Waals surface area contributed by atoms with Gasteiger partial charge in [0.2, 0.25) is 11.8 Å². The zero-order valence-corrected chi connectivity index (χ0v) is 21.4. The van der Waals surface area contributed by atoms with Crippen molar-refractivity contribution in [1.82, 2.24) is 20.3 Å². The first-order valence-electron chi connectivity index (χ1n) is 13.1. The van der Waals surface area contributed by atoms with E-state index in [9.17, 15) is 9.59 Å². The van der Waals surface area contributed by atoms with Gasteiger partial charge in [0.1, 0.15) is 18.1 Å². The SMILES string of the molecule is CC(C)CCNC(=O)C(c1ccccc1)N(C(=O)Cn1nnc2ccccc21)c1ccc2c(c1)CCC2. The number of nitrogens with zero attached hydrogens (tertiary/aromatic N) is 4. The van der Waals surface area contributed by atoms with E-state index in [2.05, 4.69) is 41.6 Å². The summed E-state index contributed by atoms with van der Waals surface area (Å²) in [4.78, 5) is 29.5. The molecule has 1 heterocycles. The molecule has 3 aromatic carbocycles. The molecule has 1 unspecified atom stereocenters. The van der Waals surface area contributed by atoms with Gasteiger partial charge in [0.25, 0.3) is 0 Å². The molecule has 1 N–H and O–H groups in total. The van der Waals surface area contributed by atoms with E-state index in [1.165, 1.54) is 11.1 Å². The first-order valence-corrected chi connectivity index (χ1v) is 13.1. The van der Waals surface area contributed by atoms with Crippen molar-refractivity contribution in [3.63, 3.8) is 0 Å². The monoisotopic (exact) mass is 495 g/mol. The van der Waals surface area contributed by atoms with E-state index in [0.29, 0.717) is 12.5 Å². The van der Waals surface area contributed by atoms with Gasteiger partial charge >= 0.3 is 0 Å². The van der Waals surface area contributed by atoms with Gasteiger partial charge in [-0.3, -0.25) is 14.5 Å². The van der Waals surface area contributed by atoms with Gasteiger partial charge in [-0.05, 0) is 72.6 Å². The summed E-state index contributed by atoms with van der Waals surface area (Å²) in [5.74, 6) is 0.0520. The molecule has 0 bridgehead atoms. The first-order chi connectivity index (χ1) is 18.0. The number of aryl methyl sites for hydroxylation is 2. The number of amides is 2. The van der Waals surface area contributed by atoms with Crippen LogP contribution in [0.15, 0.2) is 72.8 Å². The summed E-state index contributed by atoms with van der Waals surface area (Å²) < 4.78 is 1.61. The molecular formula is C30H33N5O2. The maximum atomic E-state index is 14.1. The Morgan fingerprint density at radius 2 is 1.73 bits per heavy atom. The fourth-order valence-corrected chi connectivity index (χ4v) is 5.02. The van der Waals surface area contributed by atoms with Crippen LogP contribution in [0, 0.1) is 5.92 Å². The molecule has 5 rings (SSSR count). The molecule has 37 heavy (non-hydrogen) atoms. The number of rotatable bonds is 9. The number of carbonyl (C=O) groups is 2. The summed E-state index contributed by atoms with van der Waals surface area (Å²) in [5, 5.41) is 11.5. The largest absolute Gasteiger partial charge is 0.354 e. The van der Waals surface area contributed by atoms with Crippen LogP contribution in [0.25, 0.3) is 11.0 Å². The number of benzene rings is 3. The number of aromatic nitrogens is 3. The number of fused-ring (bicyclic) bond motifs is 2. The molecule has 0 spiro atoms. The van der Waals surface area contributed by atoms with E-state index < -0.39 is 6.04 Å². The summed E-state index contributed by atoms with van der Waals surface area (Å²) in [6.07, 6.45) is 4.00. The second kappa shape index (κ2) is 10.9. The van der Waals surface area contributed by atoms with E-state index >= 15 is 0 Å². The third-order valence-electron chi connectivity index (χ3n) is 6.98. The zero-order chi connectivity index (χ0) is 25.8. The van der Waals surface area contributed by atoms with Crippen molar-refractivity contribution in [2.75, 3.05) is 11.4 Å². The average Bonchev–Trinajstić information content (AvgIpc) is 3.54. The maximum absolute atomic E-state index is 14.1. The highest BCUT2D eigenvalue weighted by molar-refractivity contribution is 6.01. The Morgan fingerprint density at radius 3 is 2.54 bits per heavy atom. The molecule has 0 saturated carbocycles. The lowest BCUT2D eigenvalue weighted by Crippen LogP contribution is -2.45. The minimum atomic E-state index is -0.810. The molecule has 1 aromatic heterocycles. The maximum Gasteiger partial charge on any atom is 0.249 e. The fraction of sp³-hybridized carbons (Fsp3) is 0.333. The van der Waals surface area contributed by atoms with E-state index in [1.807, 2.05) is 60.7 Å². The summed E-state index contributed by atoms with van der Waals surface area (Å²) in [6, 6.07) is 22.4. The van der Waals surface area contributed by atoms with Crippen molar-refractivity contribution >= 4 is 28.5 Å². The third-order valence-corrected chi connectivity index (χ3v) is 6.98. The van der Waals surface area contributed by atoms with E-state index in [0.717, 1.165) is 48.0 Å². The van der Waals surface area contributed by atoms with Gasteiger partial charge in [-0.1, -0.05) is 67.6 Å². The number of nitrogens with one attached hydrogen (secondary N) is 1. The minimum absolute atomic E-state index is 0.0276. The van der Waals surface area contributed by atoms with Crippen molar-refractivity contribution in [1.29, 1.82) is 0 Å². The number of carbonyl (C=O) groups excluding carboxylic acids is 2. The topological polar surface area (TPSA) is 80.1 Å². The van der Waals surface area contributed by atoms with Gasteiger partial charge in [0.15, 0.2) is 0 Å². The Morgan fingerprint density at radius 1 is 0.973 bits per heavy atom. The number of para-hydroxylation sites is 1. The van der Waals surface area contributed by atoms with Crippen molar-refractivity contribution in [3.05, 3.63) is 89.5 Å². The van der Waals surface area contributed by atoms with Gasteiger partial charge in [0.05, 0.1) is 5.52 Å². The molecule has 1 aliphatic rings. The van der Waals surface area contributed by atoms with Crippen LogP contribution in [0.4, 0.5) is 5.69 Å². The highest BCUT2D eigenvalue weighted by Gasteiger charge is 2.33. The Kier molecular flexibility index (Phi) is 7.30. The summed E-state index contributed by atoms with van der Waals surface area (Å²) in [7, 11) is 0. The van der Waals surface area contributed by atoms with Gasteiger partial charge in [-0.2, -0.15) is 0 Å². The van der Waals surface area contributed by atoms with Crippen molar-refractivity contribution in [2.45, 2.75) is 52.1 Å². The van der Waals surface area contributed by atoms with Gasteiger partial charge in [0, 0.05) is 12.2 Å². The van der Waals surface area contributed by atoms with E-state index in [1.54, 1.807) is 9.58 Å². The van der Waals surface area contributed by atoms with Gasteiger partial charge in [-0.25, -0.2) is 4.68 Å². The normalized spacial score (nSPS) is 13.5. The number of hydrogen-bond acceptors (Lipinski definition) is 4. The molecular weight excluding hydrogens is 462 g/mol. The molecule has 0 radical (unpaired) electrons. The van der Waals surface area contributed by atoms with Crippen LogP contribution in [-0.2, 0) is 29.0 Å². The molecule has 7 heteroatoms. The Labute approximate surface area is 217 Å². The van der Waals surface area contributed by atoms with Crippen LogP contribution in [0.2, 0.25) is 0 Å². The predicted octanol–water partition coefficient (Wildman–Crippen LogP) is 4.86. The van der Waals surface area contributed by atoms with Crippen molar-refractivity contribution in [2.24, 2.45) is 5.92 Å². The summed E-state index contributed by atoms with van der Waals surface area (Å²) in [6.45, 7) is 4.78. The first kappa shape index (κ1) is 24.7. The molecule has 0 saturated heterocycles. The Bertz CT molecular complexity index is 1400. The molecule has 1 atom stereocenters. The Hall–Kier alpha value is -4.00. The fourth-order valence-electron chi connectivity index (χ4n) is 5.02. The molecule has 4 aromatic rings. The van der Waals surface area contributed by atoms with Gasteiger partial charge < -0.3 is 5.32 Å². The lowest BCUT2D eigenvalue weighted by atomic mass is 10.0. The molecule has 0 fully saturated rings. The average molecular weight is 496 g/mol. The zero-order valence-electron chi connectivity index (χ0n) is 21.4. The van der Waals surface area contributed by atoms with Crippen molar-refractivity contribution in [3.8, 4) is 0 Å². The lowest BCUT2D eigenvalue weighted by molar-refractivity contribution is -0.127. The minimum Gasteiger partial charge on any atom is -0.354 e. The van der Waals surface area contributed by atoms with Crippen LogP contribution in [0.5, 0.6) is 0 Å². The van der Waals surface area contributed by atoms with Crippen LogP contribution < -0.4 is 10.2 Å². The third kappa shape index (κ3) is 5.40. The lowest BCUT2D eigenvalue weighted by Gasteiger charge is -2.32. The van der Waals surface area contributed by atoms with Crippen LogP contribution >= 0.6 is 0 Å². The second-order valence-corrected chi connectivity index (χ2v) is 10.1. The van der Waals surface area contributed by atoms with Gasteiger partial charge in [-0.15, -0.1) is 5.10 Å².